The highest BCUT2D eigenvalue weighted by molar-refractivity contribution is 5.97. The van der Waals surface area contributed by atoms with Gasteiger partial charge in [0.05, 0.1) is 20.3 Å². The minimum absolute atomic E-state index is 0.0326. The Morgan fingerprint density at radius 1 is 1.12 bits per heavy atom. The lowest BCUT2D eigenvalue weighted by molar-refractivity contribution is -0.158. The highest BCUT2D eigenvalue weighted by atomic mass is 16.6. The molecule has 2 aromatic heterocycles. The summed E-state index contributed by atoms with van der Waals surface area (Å²) in [6, 6.07) is 3.69. The van der Waals surface area contributed by atoms with Crippen LogP contribution in [0.5, 0.6) is 23.5 Å². The number of amides is 1. The SMILES string of the molecule is CCC(C)[C@H](NC(=O)c1ncccc1Oc1nc(OC)cc(OC)n1)C(=O)OC(C)(C)C. The first-order chi connectivity index (χ1) is 15.1. The van der Waals surface area contributed by atoms with Crippen LogP contribution in [-0.4, -0.2) is 52.7 Å². The average molecular weight is 447 g/mol. The van der Waals surface area contributed by atoms with E-state index in [1.165, 1.54) is 26.5 Å². The number of nitrogens with zero attached hydrogens (tertiary/aromatic N) is 3. The molecule has 0 saturated heterocycles. The number of nitrogens with one attached hydrogen (secondary N) is 1. The van der Waals surface area contributed by atoms with Crippen molar-refractivity contribution in [2.24, 2.45) is 5.92 Å². The number of ether oxygens (including phenoxy) is 4. The van der Waals surface area contributed by atoms with Gasteiger partial charge in [-0.2, -0.15) is 9.97 Å². The zero-order chi connectivity index (χ0) is 23.9. The van der Waals surface area contributed by atoms with E-state index in [1.807, 2.05) is 13.8 Å². The molecule has 0 radical (unpaired) electrons. The van der Waals surface area contributed by atoms with Gasteiger partial charge in [0, 0.05) is 6.20 Å². The Kier molecular flexibility index (Phi) is 8.34. The van der Waals surface area contributed by atoms with Crippen molar-refractivity contribution < 1.29 is 28.5 Å². The molecule has 2 heterocycles. The summed E-state index contributed by atoms with van der Waals surface area (Å²) in [5.74, 6) is -0.710. The van der Waals surface area contributed by atoms with E-state index in [0.717, 1.165) is 0 Å². The van der Waals surface area contributed by atoms with Crippen LogP contribution in [0.25, 0.3) is 0 Å². The Morgan fingerprint density at radius 3 is 2.28 bits per heavy atom. The van der Waals surface area contributed by atoms with Crippen molar-refractivity contribution in [3.63, 3.8) is 0 Å². The number of carbonyl (C=O) groups is 2. The molecule has 2 atom stereocenters. The Labute approximate surface area is 187 Å². The van der Waals surface area contributed by atoms with Crippen LogP contribution in [0, 0.1) is 5.92 Å². The first-order valence-electron chi connectivity index (χ1n) is 10.2. The van der Waals surface area contributed by atoms with Crippen LogP contribution in [0.2, 0.25) is 0 Å². The van der Waals surface area contributed by atoms with Gasteiger partial charge in [0.2, 0.25) is 11.8 Å². The van der Waals surface area contributed by atoms with E-state index < -0.39 is 23.5 Å². The third-order valence-corrected chi connectivity index (χ3v) is 4.42. The molecule has 2 aromatic rings. The topological polar surface area (TPSA) is 122 Å². The van der Waals surface area contributed by atoms with E-state index in [4.69, 9.17) is 18.9 Å². The molecule has 0 aliphatic carbocycles. The summed E-state index contributed by atoms with van der Waals surface area (Å²) >= 11 is 0. The average Bonchev–Trinajstić information content (AvgIpc) is 2.75. The number of methoxy groups -OCH3 is 2. The number of hydrogen-bond donors (Lipinski definition) is 1. The van der Waals surface area contributed by atoms with E-state index in [2.05, 4.69) is 20.3 Å². The highest BCUT2D eigenvalue weighted by Crippen LogP contribution is 2.26. The highest BCUT2D eigenvalue weighted by Gasteiger charge is 2.32. The quantitative estimate of drug-likeness (QED) is 0.579. The molecule has 174 valence electrons. The minimum Gasteiger partial charge on any atom is -0.481 e. The summed E-state index contributed by atoms with van der Waals surface area (Å²) in [5, 5.41) is 2.73. The van der Waals surface area contributed by atoms with E-state index in [9.17, 15) is 9.59 Å². The van der Waals surface area contributed by atoms with Gasteiger partial charge in [0.25, 0.3) is 5.91 Å². The molecule has 2 rings (SSSR count). The maximum Gasteiger partial charge on any atom is 0.329 e. The maximum absolute atomic E-state index is 13.1. The number of esters is 1. The Hall–Kier alpha value is -3.43. The van der Waals surface area contributed by atoms with Crippen LogP contribution < -0.4 is 19.5 Å². The largest absolute Gasteiger partial charge is 0.481 e. The van der Waals surface area contributed by atoms with Gasteiger partial charge >= 0.3 is 12.0 Å². The summed E-state index contributed by atoms with van der Waals surface area (Å²) < 4.78 is 21.4. The molecular formula is C22H30N4O6. The molecule has 0 saturated carbocycles. The van der Waals surface area contributed by atoms with E-state index in [-0.39, 0.29) is 35.1 Å². The maximum atomic E-state index is 13.1. The van der Waals surface area contributed by atoms with Gasteiger partial charge in [0.1, 0.15) is 11.6 Å². The molecule has 0 aromatic carbocycles. The van der Waals surface area contributed by atoms with E-state index >= 15 is 0 Å². The van der Waals surface area contributed by atoms with Gasteiger partial charge in [0.15, 0.2) is 11.4 Å². The van der Waals surface area contributed by atoms with Crippen LogP contribution in [0.3, 0.4) is 0 Å². The molecule has 0 aliphatic rings. The van der Waals surface area contributed by atoms with Crippen LogP contribution in [0.1, 0.15) is 51.5 Å². The lowest BCUT2D eigenvalue weighted by atomic mass is 9.98. The fourth-order valence-corrected chi connectivity index (χ4v) is 2.62. The van der Waals surface area contributed by atoms with Gasteiger partial charge in [-0.1, -0.05) is 20.3 Å². The summed E-state index contributed by atoms with van der Waals surface area (Å²) in [6.07, 6.45) is 2.10. The predicted molar refractivity (Wildman–Crippen MR) is 116 cm³/mol. The third kappa shape index (κ3) is 6.79. The monoisotopic (exact) mass is 446 g/mol. The molecule has 32 heavy (non-hydrogen) atoms. The van der Waals surface area contributed by atoms with Gasteiger partial charge in [-0.25, -0.2) is 9.78 Å². The molecular weight excluding hydrogens is 416 g/mol. The number of aromatic nitrogens is 3. The van der Waals surface area contributed by atoms with Crippen molar-refractivity contribution in [3.05, 3.63) is 30.1 Å². The summed E-state index contributed by atoms with van der Waals surface area (Å²) in [6.45, 7) is 9.10. The second kappa shape index (κ2) is 10.7. The minimum atomic E-state index is -0.852. The fourth-order valence-electron chi connectivity index (χ4n) is 2.62. The zero-order valence-corrected chi connectivity index (χ0v) is 19.5. The van der Waals surface area contributed by atoms with Crippen molar-refractivity contribution in [3.8, 4) is 23.5 Å². The smallest absolute Gasteiger partial charge is 0.329 e. The Bertz CT molecular complexity index is 922. The van der Waals surface area contributed by atoms with Crippen LogP contribution in [-0.2, 0) is 9.53 Å². The molecule has 0 spiro atoms. The Balaban J connectivity index is 2.30. The van der Waals surface area contributed by atoms with Gasteiger partial charge < -0.3 is 24.3 Å². The molecule has 0 aliphatic heterocycles. The summed E-state index contributed by atoms with van der Waals surface area (Å²) in [7, 11) is 2.89. The second-order valence-corrected chi connectivity index (χ2v) is 8.06. The first-order valence-corrected chi connectivity index (χ1v) is 10.2. The molecule has 0 bridgehead atoms. The van der Waals surface area contributed by atoms with Gasteiger partial charge in [-0.3, -0.25) is 4.79 Å². The van der Waals surface area contributed by atoms with Crippen molar-refractivity contribution in [2.45, 2.75) is 52.7 Å². The molecule has 1 unspecified atom stereocenters. The first kappa shape index (κ1) is 24.8. The number of rotatable bonds is 9. The fraction of sp³-hybridized carbons (Fsp3) is 0.500. The van der Waals surface area contributed by atoms with Crippen LogP contribution >= 0.6 is 0 Å². The number of hydrogen-bond acceptors (Lipinski definition) is 9. The number of carbonyl (C=O) groups excluding carboxylic acids is 2. The summed E-state index contributed by atoms with van der Waals surface area (Å²) in [5.41, 5.74) is -0.718. The van der Waals surface area contributed by atoms with Crippen molar-refractivity contribution in [1.82, 2.24) is 20.3 Å². The predicted octanol–water partition coefficient (Wildman–Crippen LogP) is 3.17. The molecule has 1 amide bonds. The standard InChI is InChI=1S/C22H30N4O6/c1-8-13(2)17(20(28)32-22(3,4)5)26-19(27)18-14(10-9-11-23-18)31-21-24-15(29-6)12-16(25-21)30-7/h9-13,17H,8H2,1-7H3,(H,26,27)/t13?,17-/m0/s1. The number of pyridine rings is 1. The van der Waals surface area contributed by atoms with Crippen molar-refractivity contribution in [2.75, 3.05) is 14.2 Å². The van der Waals surface area contributed by atoms with Crippen LogP contribution in [0.15, 0.2) is 24.4 Å². The Morgan fingerprint density at radius 2 is 1.75 bits per heavy atom. The van der Waals surface area contributed by atoms with Gasteiger partial charge in [-0.15, -0.1) is 0 Å². The van der Waals surface area contributed by atoms with Gasteiger partial charge in [-0.05, 0) is 38.8 Å². The lowest BCUT2D eigenvalue weighted by Crippen LogP contribution is -2.48. The van der Waals surface area contributed by atoms with E-state index in [0.29, 0.717) is 6.42 Å². The molecule has 0 fully saturated rings. The molecule has 10 heteroatoms. The van der Waals surface area contributed by atoms with E-state index in [1.54, 1.807) is 32.9 Å². The van der Waals surface area contributed by atoms with Crippen molar-refractivity contribution >= 4 is 11.9 Å². The lowest BCUT2D eigenvalue weighted by Gasteiger charge is -2.27. The van der Waals surface area contributed by atoms with Crippen molar-refractivity contribution in [1.29, 1.82) is 0 Å². The summed E-state index contributed by atoms with van der Waals surface area (Å²) in [4.78, 5) is 38.1. The van der Waals surface area contributed by atoms with Crippen LogP contribution in [0.4, 0.5) is 0 Å². The third-order valence-electron chi connectivity index (χ3n) is 4.42. The zero-order valence-electron chi connectivity index (χ0n) is 19.5. The molecule has 1 N–H and O–H groups in total. The second-order valence-electron chi connectivity index (χ2n) is 8.06. The molecule has 10 nitrogen and oxygen atoms in total. The normalized spacial score (nSPS) is 13.0.